The molecule has 2 heterocycles. The minimum Gasteiger partial charge on any atom is -0.297 e. The number of hydrogen-bond donors (Lipinski definition) is 0. The molecule has 0 bridgehead atoms. The lowest BCUT2D eigenvalue weighted by Crippen LogP contribution is -2.48. The van der Waals surface area contributed by atoms with Gasteiger partial charge in [-0.2, -0.15) is 0 Å². The van der Waals surface area contributed by atoms with Crippen molar-refractivity contribution in [1.29, 1.82) is 0 Å². The molecule has 5 heteroatoms. The van der Waals surface area contributed by atoms with Gasteiger partial charge >= 0.3 is 0 Å². The average Bonchev–Trinajstić information content (AvgIpc) is 2.46. The maximum absolute atomic E-state index is 12.1. The standard InChI is InChI=1S/C8H10F2N2S/c9-8(10)6-2-12(3-6)4-7-1-11-5-13-7/h1,5-6,8H,2-4H2. The van der Waals surface area contributed by atoms with Crippen LogP contribution >= 0.6 is 11.3 Å². The third-order valence-electron chi connectivity index (χ3n) is 2.20. The highest BCUT2D eigenvalue weighted by atomic mass is 32.1. The summed E-state index contributed by atoms with van der Waals surface area (Å²) >= 11 is 1.57. The third kappa shape index (κ3) is 2.03. The lowest BCUT2D eigenvalue weighted by molar-refractivity contribution is -0.0275. The summed E-state index contributed by atoms with van der Waals surface area (Å²) < 4.78 is 24.2. The summed E-state index contributed by atoms with van der Waals surface area (Å²) in [4.78, 5) is 7.10. The number of alkyl halides is 2. The lowest BCUT2D eigenvalue weighted by Gasteiger charge is -2.38. The van der Waals surface area contributed by atoms with Gasteiger partial charge in [-0.05, 0) is 0 Å². The van der Waals surface area contributed by atoms with Gasteiger partial charge in [-0.15, -0.1) is 11.3 Å². The van der Waals surface area contributed by atoms with Crippen LogP contribution in [0.3, 0.4) is 0 Å². The highest BCUT2D eigenvalue weighted by Gasteiger charge is 2.33. The smallest absolute Gasteiger partial charge is 0.243 e. The molecule has 1 aromatic heterocycles. The van der Waals surface area contributed by atoms with Gasteiger partial charge in [0.05, 0.1) is 5.51 Å². The van der Waals surface area contributed by atoms with Crippen molar-refractivity contribution >= 4 is 11.3 Å². The van der Waals surface area contributed by atoms with Crippen molar-refractivity contribution < 1.29 is 8.78 Å². The van der Waals surface area contributed by atoms with E-state index >= 15 is 0 Å². The van der Waals surface area contributed by atoms with Crippen LogP contribution in [0.5, 0.6) is 0 Å². The topological polar surface area (TPSA) is 16.1 Å². The van der Waals surface area contributed by atoms with Crippen molar-refractivity contribution in [3.05, 3.63) is 16.6 Å². The Kier molecular flexibility index (Phi) is 2.55. The van der Waals surface area contributed by atoms with Gasteiger partial charge in [0.25, 0.3) is 0 Å². The van der Waals surface area contributed by atoms with E-state index in [1.165, 1.54) is 0 Å². The zero-order valence-corrected chi connectivity index (χ0v) is 7.81. The van der Waals surface area contributed by atoms with Gasteiger partial charge in [0, 0.05) is 36.6 Å². The summed E-state index contributed by atoms with van der Waals surface area (Å²) in [6.45, 7) is 1.82. The van der Waals surface area contributed by atoms with Crippen molar-refractivity contribution in [3.63, 3.8) is 0 Å². The van der Waals surface area contributed by atoms with Gasteiger partial charge in [0.2, 0.25) is 6.43 Å². The first-order chi connectivity index (χ1) is 6.25. The van der Waals surface area contributed by atoms with E-state index < -0.39 is 12.3 Å². The second-order valence-electron chi connectivity index (χ2n) is 3.26. The molecule has 2 nitrogen and oxygen atoms in total. The molecule has 0 spiro atoms. The second kappa shape index (κ2) is 3.67. The first kappa shape index (κ1) is 9.02. The molecule has 1 aliphatic heterocycles. The number of likely N-dealkylation sites (tertiary alicyclic amines) is 1. The fourth-order valence-corrected chi connectivity index (χ4v) is 2.07. The molecule has 0 radical (unpaired) electrons. The Morgan fingerprint density at radius 2 is 2.38 bits per heavy atom. The SMILES string of the molecule is FC(F)C1CN(Cc2cncs2)C1. The fourth-order valence-electron chi connectivity index (χ4n) is 1.44. The van der Waals surface area contributed by atoms with E-state index in [4.69, 9.17) is 0 Å². The molecule has 0 unspecified atom stereocenters. The molecule has 0 aromatic carbocycles. The van der Waals surface area contributed by atoms with Crippen LogP contribution in [0.2, 0.25) is 0 Å². The van der Waals surface area contributed by atoms with Gasteiger partial charge in [0.15, 0.2) is 0 Å². The van der Waals surface area contributed by atoms with Crippen molar-refractivity contribution in [2.45, 2.75) is 13.0 Å². The van der Waals surface area contributed by atoms with E-state index in [0.717, 1.165) is 11.4 Å². The molecule has 0 N–H and O–H groups in total. The van der Waals surface area contributed by atoms with E-state index in [1.54, 1.807) is 23.0 Å². The summed E-state index contributed by atoms with van der Waals surface area (Å²) in [6.07, 6.45) is -0.363. The Hall–Kier alpha value is -0.550. The van der Waals surface area contributed by atoms with Crippen LogP contribution < -0.4 is 0 Å². The van der Waals surface area contributed by atoms with Gasteiger partial charge in [-0.25, -0.2) is 8.78 Å². The zero-order valence-electron chi connectivity index (χ0n) is 6.99. The summed E-state index contributed by atoms with van der Waals surface area (Å²) in [7, 11) is 0. The molecular weight excluding hydrogens is 194 g/mol. The normalized spacial score (nSPS) is 19.3. The van der Waals surface area contributed by atoms with E-state index in [1.807, 2.05) is 4.90 Å². The summed E-state index contributed by atoms with van der Waals surface area (Å²) in [5.74, 6) is -0.409. The van der Waals surface area contributed by atoms with Gasteiger partial charge in [-0.3, -0.25) is 9.88 Å². The third-order valence-corrected chi connectivity index (χ3v) is 2.97. The Balaban J connectivity index is 1.76. The van der Waals surface area contributed by atoms with Crippen LogP contribution in [-0.4, -0.2) is 29.4 Å². The van der Waals surface area contributed by atoms with Crippen LogP contribution in [0.1, 0.15) is 4.88 Å². The molecule has 0 atom stereocenters. The first-order valence-corrected chi connectivity index (χ1v) is 5.01. The molecule has 0 saturated carbocycles. The zero-order chi connectivity index (χ0) is 9.26. The van der Waals surface area contributed by atoms with Gasteiger partial charge in [-0.1, -0.05) is 0 Å². The number of halogens is 2. The lowest BCUT2D eigenvalue weighted by atomic mass is 10.0. The van der Waals surface area contributed by atoms with E-state index in [9.17, 15) is 8.78 Å². The molecule has 72 valence electrons. The van der Waals surface area contributed by atoms with E-state index in [-0.39, 0.29) is 0 Å². The largest absolute Gasteiger partial charge is 0.297 e. The minimum absolute atomic E-state index is 0.409. The Bertz CT molecular complexity index is 257. The summed E-state index contributed by atoms with van der Waals surface area (Å²) in [5.41, 5.74) is 1.76. The second-order valence-corrected chi connectivity index (χ2v) is 4.23. The number of hydrogen-bond acceptors (Lipinski definition) is 3. The Morgan fingerprint density at radius 3 is 2.92 bits per heavy atom. The van der Waals surface area contributed by atoms with Crippen LogP contribution in [0.4, 0.5) is 8.78 Å². The van der Waals surface area contributed by atoms with Crippen LogP contribution in [0.15, 0.2) is 11.7 Å². The maximum atomic E-state index is 12.1. The predicted molar refractivity (Wildman–Crippen MR) is 46.9 cm³/mol. The molecule has 1 saturated heterocycles. The predicted octanol–water partition coefficient (Wildman–Crippen LogP) is 1.84. The molecule has 1 aliphatic rings. The van der Waals surface area contributed by atoms with E-state index in [0.29, 0.717) is 13.1 Å². The van der Waals surface area contributed by atoms with Gasteiger partial charge in [0.1, 0.15) is 0 Å². The summed E-state index contributed by atoms with van der Waals surface area (Å²) in [6, 6.07) is 0. The Morgan fingerprint density at radius 1 is 1.62 bits per heavy atom. The van der Waals surface area contributed by atoms with Crippen LogP contribution in [-0.2, 0) is 6.54 Å². The quantitative estimate of drug-likeness (QED) is 0.746. The fraction of sp³-hybridized carbons (Fsp3) is 0.625. The molecule has 0 amide bonds. The number of rotatable bonds is 3. The highest BCUT2D eigenvalue weighted by molar-refractivity contribution is 7.09. The molecule has 1 fully saturated rings. The van der Waals surface area contributed by atoms with Crippen LogP contribution in [0, 0.1) is 5.92 Å². The minimum atomic E-state index is -2.15. The van der Waals surface area contributed by atoms with Gasteiger partial charge < -0.3 is 0 Å². The van der Waals surface area contributed by atoms with Crippen molar-refractivity contribution in [2.24, 2.45) is 5.92 Å². The van der Waals surface area contributed by atoms with E-state index in [2.05, 4.69) is 4.98 Å². The van der Waals surface area contributed by atoms with Crippen LogP contribution in [0.25, 0.3) is 0 Å². The molecule has 2 rings (SSSR count). The maximum Gasteiger partial charge on any atom is 0.243 e. The molecule has 13 heavy (non-hydrogen) atoms. The number of aromatic nitrogens is 1. The highest BCUT2D eigenvalue weighted by Crippen LogP contribution is 2.24. The molecule has 1 aromatic rings. The average molecular weight is 204 g/mol. The molecule has 0 aliphatic carbocycles. The van der Waals surface area contributed by atoms with Crippen molar-refractivity contribution in [3.8, 4) is 0 Å². The summed E-state index contributed by atoms with van der Waals surface area (Å²) in [5, 5.41) is 0. The number of nitrogens with zero attached hydrogens (tertiary/aromatic N) is 2. The Labute approximate surface area is 79.2 Å². The monoisotopic (exact) mass is 204 g/mol. The van der Waals surface area contributed by atoms with Crippen molar-refractivity contribution in [2.75, 3.05) is 13.1 Å². The first-order valence-electron chi connectivity index (χ1n) is 4.13. The van der Waals surface area contributed by atoms with Crippen molar-refractivity contribution in [1.82, 2.24) is 9.88 Å². The number of thiazole rings is 1. The molecular formula is C8H10F2N2S.